The van der Waals surface area contributed by atoms with Crippen molar-refractivity contribution in [3.05, 3.63) is 34.2 Å². The Morgan fingerprint density at radius 1 is 1.53 bits per heavy atom. The number of aromatic nitrogens is 1. The highest BCUT2D eigenvalue weighted by atomic mass is 32.2. The number of amides is 1. The van der Waals surface area contributed by atoms with Crippen LogP contribution in [0.25, 0.3) is 0 Å². The fourth-order valence-corrected chi connectivity index (χ4v) is 1.35. The maximum absolute atomic E-state index is 11.4. The van der Waals surface area contributed by atoms with Crippen molar-refractivity contribution < 1.29 is 9.00 Å². The molecule has 6 heteroatoms. The smallest absolute Gasteiger partial charge is 0.252 e. The number of aromatic amines is 1. The zero-order valence-corrected chi connectivity index (χ0v) is 9.10. The molecular weight excluding hydrogens is 216 g/mol. The van der Waals surface area contributed by atoms with E-state index in [1.807, 2.05) is 0 Å². The minimum Gasteiger partial charge on any atom is -0.351 e. The molecule has 0 aliphatic carbocycles. The Bertz CT molecular complexity index is 407. The number of pyridine rings is 1. The summed E-state index contributed by atoms with van der Waals surface area (Å²) < 4.78 is 10.7. The Morgan fingerprint density at radius 2 is 2.27 bits per heavy atom. The van der Waals surface area contributed by atoms with Gasteiger partial charge >= 0.3 is 0 Å². The molecule has 82 valence electrons. The summed E-state index contributed by atoms with van der Waals surface area (Å²) in [5, 5.41) is 2.60. The van der Waals surface area contributed by atoms with Gasteiger partial charge in [-0.3, -0.25) is 13.8 Å². The average Bonchev–Trinajstić information content (AvgIpc) is 2.18. The first-order chi connectivity index (χ1) is 7.09. The first-order valence-electron chi connectivity index (χ1n) is 4.36. The lowest BCUT2D eigenvalue weighted by molar-refractivity contribution is 0.0956. The second-order valence-electron chi connectivity index (χ2n) is 2.97. The molecule has 0 saturated heterocycles. The monoisotopic (exact) mass is 228 g/mol. The third-order valence-corrected chi connectivity index (χ3v) is 2.50. The van der Waals surface area contributed by atoms with Crippen LogP contribution in [0, 0.1) is 0 Å². The van der Waals surface area contributed by atoms with E-state index >= 15 is 0 Å². The van der Waals surface area contributed by atoms with Gasteiger partial charge in [0.15, 0.2) is 0 Å². The molecule has 0 radical (unpaired) electrons. The number of hydrogen-bond acceptors (Lipinski definition) is 3. The van der Waals surface area contributed by atoms with Crippen LogP contribution in [0.4, 0.5) is 0 Å². The second-order valence-corrected chi connectivity index (χ2v) is 4.53. The van der Waals surface area contributed by atoms with Crippen LogP contribution in [0.2, 0.25) is 0 Å². The number of H-pyrrole nitrogens is 1. The third-order valence-electron chi connectivity index (χ3n) is 1.72. The van der Waals surface area contributed by atoms with Gasteiger partial charge in [-0.2, -0.15) is 0 Å². The van der Waals surface area contributed by atoms with Crippen LogP contribution in [0.5, 0.6) is 0 Å². The summed E-state index contributed by atoms with van der Waals surface area (Å²) in [4.78, 5) is 24.5. The van der Waals surface area contributed by atoms with Gasteiger partial charge in [-0.05, 0) is 6.07 Å². The highest BCUT2D eigenvalue weighted by molar-refractivity contribution is 7.84. The SMILES string of the molecule is CS(=O)CCNC(=O)c1ccc(=O)[nH]c1. The predicted molar refractivity (Wildman–Crippen MR) is 58.3 cm³/mol. The number of nitrogens with one attached hydrogen (secondary N) is 2. The van der Waals surface area contributed by atoms with Crippen LogP contribution in [-0.4, -0.2) is 33.7 Å². The lowest BCUT2D eigenvalue weighted by atomic mass is 10.3. The highest BCUT2D eigenvalue weighted by Crippen LogP contribution is 1.92. The van der Waals surface area contributed by atoms with E-state index in [1.165, 1.54) is 18.3 Å². The van der Waals surface area contributed by atoms with Crippen LogP contribution < -0.4 is 10.9 Å². The molecule has 0 aliphatic rings. The van der Waals surface area contributed by atoms with E-state index in [0.29, 0.717) is 17.9 Å². The molecule has 1 amide bonds. The molecule has 0 saturated carbocycles. The Morgan fingerprint density at radius 3 is 2.80 bits per heavy atom. The number of rotatable bonds is 4. The van der Waals surface area contributed by atoms with Gasteiger partial charge in [-0.1, -0.05) is 0 Å². The molecule has 1 unspecified atom stereocenters. The Kier molecular flexibility index (Phi) is 4.23. The van der Waals surface area contributed by atoms with E-state index in [4.69, 9.17) is 0 Å². The number of hydrogen-bond donors (Lipinski definition) is 2. The van der Waals surface area contributed by atoms with Crippen molar-refractivity contribution in [2.24, 2.45) is 0 Å². The average molecular weight is 228 g/mol. The maximum atomic E-state index is 11.4. The standard InChI is InChI=1S/C9H12N2O3S/c1-15(14)5-4-10-9(13)7-2-3-8(12)11-6-7/h2-3,6H,4-5H2,1H3,(H,10,13)(H,11,12). The number of carbonyl (C=O) groups is 1. The van der Waals surface area contributed by atoms with E-state index in [0.717, 1.165) is 0 Å². The molecule has 5 nitrogen and oxygen atoms in total. The molecule has 1 aromatic rings. The summed E-state index contributed by atoms with van der Waals surface area (Å²) in [6.07, 6.45) is 2.92. The minimum atomic E-state index is -0.915. The first-order valence-corrected chi connectivity index (χ1v) is 6.09. The fourth-order valence-electron chi connectivity index (χ4n) is 0.962. The van der Waals surface area contributed by atoms with E-state index < -0.39 is 10.8 Å². The molecule has 0 bridgehead atoms. The predicted octanol–water partition coefficient (Wildman–Crippen LogP) is -0.517. The molecular formula is C9H12N2O3S. The van der Waals surface area contributed by atoms with Gasteiger partial charge in [0.2, 0.25) is 5.56 Å². The maximum Gasteiger partial charge on any atom is 0.252 e. The molecule has 1 rings (SSSR count). The zero-order valence-electron chi connectivity index (χ0n) is 8.28. The molecule has 1 aromatic heterocycles. The lowest BCUT2D eigenvalue weighted by Gasteiger charge is -2.02. The van der Waals surface area contributed by atoms with Crippen LogP contribution in [-0.2, 0) is 10.8 Å². The third kappa shape index (κ3) is 4.07. The van der Waals surface area contributed by atoms with Crippen molar-refractivity contribution in [1.82, 2.24) is 10.3 Å². The van der Waals surface area contributed by atoms with Gasteiger partial charge in [-0.15, -0.1) is 0 Å². The summed E-state index contributed by atoms with van der Waals surface area (Å²) in [5.74, 6) is 0.145. The summed E-state index contributed by atoms with van der Waals surface area (Å²) in [5.41, 5.74) is 0.137. The molecule has 1 atom stereocenters. The van der Waals surface area contributed by atoms with E-state index in [-0.39, 0.29) is 11.5 Å². The van der Waals surface area contributed by atoms with Crippen LogP contribution in [0.3, 0.4) is 0 Å². The minimum absolute atomic E-state index is 0.249. The summed E-state index contributed by atoms with van der Waals surface area (Å²) in [6, 6.07) is 2.73. The van der Waals surface area contributed by atoms with E-state index in [2.05, 4.69) is 10.3 Å². The Balaban J connectivity index is 2.50. The quantitative estimate of drug-likeness (QED) is 0.728. The van der Waals surface area contributed by atoms with Gasteiger partial charge in [0, 0.05) is 41.6 Å². The highest BCUT2D eigenvalue weighted by Gasteiger charge is 2.04. The van der Waals surface area contributed by atoms with Crippen molar-refractivity contribution in [3.63, 3.8) is 0 Å². The lowest BCUT2D eigenvalue weighted by Crippen LogP contribution is -2.28. The van der Waals surface area contributed by atoms with Crippen molar-refractivity contribution in [3.8, 4) is 0 Å². The second kappa shape index (κ2) is 5.45. The van der Waals surface area contributed by atoms with Crippen LogP contribution in [0.15, 0.2) is 23.1 Å². The Labute approximate surface area is 89.4 Å². The summed E-state index contributed by atoms with van der Waals surface area (Å²) in [6.45, 7) is 0.362. The van der Waals surface area contributed by atoms with Crippen LogP contribution >= 0.6 is 0 Å². The molecule has 15 heavy (non-hydrogen) atoms. The molecule has 0 aromatic carbocycles. The topological polar surface area (TPSA) is 79.0 Å². The number of carbonyl (C=O) groups excluding carboxylic acids is 1. The van der Waals surface area contributed by atoms with E-state index in [1.54, 1.807) is 6.26 Å². The van der Waals surface area contributed by atoms with Crippen molar-refractivity contribution in [1.29, 1.82) is 0 Å². The van der Waals surface area contributed by atoms with E-state index in [9.17, 15) is 13.8 Å². The summed E-state index contributed by atoms with van der Waals surface area (Å²) >= 11 is 0. The van der Waals surface area contributed by atoms with Gasteiger partial charge in [0.05, 0.1) is 5.56 Å². The van der Waals surface area contributed by atoms with Crippen molar-refractivity contribution >= 4 is 16.7 Å². The fraction of sp³-hybridized carbons (Fsp3) is 0.333. The first kappa shape index (κ1) is 11.6. The molecule has 0 aliphatic heterocycles. The van der Waals surface area contributed by atoms with Gasteiger partial charge in [0.25, 0.3) is 5.91 Å². The molecule has 0 fully saturated rings. The largest absolute Gasteiger partial charge is 0.351 e. The molecule has 1 heterocycles. The van der Waals surface area contributed by atoms with Gasteiger partial charge < -0.3 is 10.3 Å². The van der Waals surface area contributed by atoms with Crippen molar-refractivity contribution in [2.75, 3.05) is 18.6 Å². The van der Waals surface area contributed by atoms with Crippen LogP contribution in [0.1, 0.15) is 10.4 Å². The zero-order chi connectivity index (χ0) is 11.3. The van der Waals surface area contributed by atoms with Crippen molar-refractivity contribution in [2.45, 2.75) is 0 Å². The van der Waals surface area contributed by atoms with Gasteiger partial charge in [-0.25, -0.2) is 0 Å². The molecule has 2 N–H and O–H groups in total. The summed E-state index contributed by atoms with van der Waals surface area (Å²) in [7, 11) is -0.915. The normalized spacial score (nSPS) is 12.1. The molecule has 0 spiro atoms. The van der Waals surface area contributed by atoms with Gasteiger partial charge in [0.1, 0.15) is 0 Å². The Hall–Kier alpha value is -1.43.